The van der Waals surface area contributed by atoms with Gasteiger partial charge in [0.05, 0.1) is 23.7 Å². The zero-order chi connectivity index (χ0) is 17.2. The zero-order valence-corrected chi connectivity index (χ0v) is 14.5. The number of carbonyl (C=O) groups is 1. The van der Waals surface area contributed by atoms with Gasteiger partial charge >= 0.3 is 0 Å². The van der Waals surface area contributed by atoms with Crippen molar-refractivity contribution in [2.24, 2.45) is 0 Å². The van der Waals surface area contributed by atoms with Crippen LogP contribution in [0.15, 0.2) is 36.7 Å². The average molecular weight is 337 g/mol. The number of amides is 1. The van der Waals surface area contributed by atoms with Crippen LogP contribution in [0.25, 0.3) is 10.9 Å². The number of imidazole rings is 1. The average Bonchev–Trinajstić information content (AvgIpc) is 3.29. The Morgan fingerprint density at radius 3 is 3.12 bits per heavy atom. The second-order valence-corrected chi connectivity index (χ2v) is 6.64. The lowest BCUT2D eigenvalue weighted by molar-refractivity contribution is -0.132. The molecule has 6 nitrogen and oxygen atoms in total. The number of fused-ring (bicyclic) bond motifs is 1. The van der Waals surface area contributed by atoms with E-state index in [4.69, 9.17) is 0 Å². The molecule has 1 fully saturated rings. The molecule has 2 aromatic heterocycles. The highest BCUT2D eigenvalue weighted by molar-refractivity contribution is 5.87. The molecule has 0 aliphatic carbocycles. The molecule has 1 aliphatic rings. The lowest BCUT2D eigenvalue weighted by Crippen LogP contribution is -2.41. The number of rotatable bonds is 4. The summed E-state index contributed by atoms with van der Waals surface area (Å²) in [7, 11) is 0. The molecule has 0 bridgehead atoms. The third-order valence-electron chi connectivity index (χ3n) is 5.08. The van der Waals surface area contributed by atoms with Gasteiger partial charge in [-0.1, -0.05) is 25.1 Å². The van der Waals surface area contributed by atoms with Crippen LogP contribution in [0.3, 0.4) is 0 Å². The number of nitrogens with zero attached hydrogens (tertiary/aromatic N) is 4. The van der Waals surface area contributed by atoms with Crippen LogP contribution in [-0.4, -0.2) is 43.6 Å². The van der Waals surface area contributed by atoms with Crippen LogP contribution < -0.4 is 0 Å². The zero-order valence-electron chi connectivity index (χ0n) is 14.5. The van der Waals surface area contributed by atoms with Crippen LogP contribution in [0, 0.1) is 0 Å². The van der Waals surface area contributed by atoms with E-state index in [1.54, 1.807) is 0 Å². The molecule has 3 aromatic rings. The number of benzene rings is 1. The van der Waals surface area contributed by atoms with E-state index in [0.717, 1.165) is 54.8 Å². The molecule has 1 aromatic carbocycles. The van der Waals surface area contributed by atoms with Gasteiger partial charge in [-0.05, 0) is 18.9 Å². The fourth-order valence-corrected chi connectivity index (χ4v) is 3.77. The fraction of sp³-hybridized carbons (Fsp3) is 0.421. The van der Waals surface area contributed by atoms with E-state index >= 15 is 0 Å². The minimum absolute atomic E-state index is 0.164. The molecule has 1 aliphatic heterocycles. The van der Waals surface area contributed by atoms with Crippen LogP contribution in [0.2, 0.25) is 0 Å². The van der Waals surface area contributed by atoms with Crippen molar-refractivity contribution < 1.29 is 4.79 Å². The van der Waals surface area contributed by atoms with Crippen molar-refractivity contribution in [1.29, 1.82) is 0 Å². The van der Waals surface area contributed by atoms with Gasteiger partial charge in [0, 0.05) is 37.3 Å². The van der Waals surface area contributed by atoms with Gasteiger partial charge in [-0.3, -0.25) is 9.89 Å². The molecule has 0 radical (unpaired) electrons. The number of aromatic amines is 1. The largest absolute Gasteiger partial charge is 0.340 e. The number of hydrogen-bond donors (Lipinski definition) is 1. The lowest BCUT2D eigenvalue weighted by Gasteiger charge is -2.34. The molecule has 1 saturated heterocycles. The summed E-state index contributed by atoms with van der Waals surface area (Å²) in [5.74, 6) is 1.26. The predicted octanol–water partition coefficient (Wildman–Crippen LogP) is 2.73. The normalized spacial score (nSPS) is 18.0. The van der Waals surface area contributed by atoms with Crippen molar-refractivity contribution in [2.45, 2.75) is 38.6 Å². The van der Waals surface area contributed by atoms with Crippen LogP contribution in [-0.2, 0) is 17.6 Å². The highest BCUT2D eigenvalue weighted by Gasteiger charge is 2.26. The van der Waals surface area contributed by atoms with E-state index in [2.05, 4.69) is 26.7 Å². The Morgan fingerprint density at radius 1 is 1.36 bits per heavy atom. The van der Waals surface area contributed by atoms with Crippen LogP contribution in [0.4, 0.5) is 0 Å². The van der Waals surface area contributed by atoms with Crippen LogP contribution in [0.1, 0.15) is 37.3 Å². The lowest BCUT2D eigenvalue weighted by atomic mass is 10.0. The van der Waals surface area contributed by atoms with Gasteiger partial charge in [0.15, 0.2) is 0 Å². The minimum Gasteiger partial charge on any atom is -0.340 e. The van der Waals surface area contributed by atoms with Gasteiger partial charge in [0.2, 0.25) is 5.91 Å². The Labute approximate surface area is 146 Å². The third kappa shape index (κ3) is 3.04. The molecule has 3 heterocycles. The molecule has 4 rings (SSSR count). The van der Waals surface area contributed by atoms with Crippen molar-refractivity contribution in [2.75, 3.05) is 13.1 Å². The standard InChI is InChI=1S/C19H23N5O/c1-2-18-20-9-11-24(18)14-6-5-10-23(13-14)19(25)12-17-15-7-3-4-8-16(15)21-22-17/h3-4,7-9,11,14H,2,5-6,10,12-13H2,1H3,(H,21,22)/t14-/m1/s1. The summed E-state index contributed by atoms with van der Waals surface area (Å²) in [6.07, 6.45) is 7.31. The number of likely N-dealkylation sites (tertiary alicyclic amines) is 1. The maximum Gasteiger partial charge on any atom is 0.228 e. The van der Waals surface area contributed by atoms with E-state index in [9.17, 15) is 4.79 Å². The van der Waals surface area contributed by atoms with Gasteiger partial charge in [0.1, 0.15) is 5.82 Å². The highest BCUT2D eigenvalue weighted by Crippen LogP contribution is 2.24. The minimum atomic E-state index is 0.164. The predicted molar refractivity (Wildman–Crippen MR) is 96.3 cm³/mol. The molecule has 0 spiro atoms. The number of hydrogen-bond acceptors (Lipinski definition) is 3. The third-order valence-corrected chi connectivity index (χ3v) is 5.08. The molecular weight excluding hydrogens is 314 g/mol. The Hall–Kier alpha value is -2.63. The first kappa shape index (κ1) is 15.9. The molecule has 1 amide bonds. The number of nitrogens with one attached hydrogen (secondary N) is 1. The number of aromatic nitrogens is 4. The summed E-state index contributed by atoms with van der Waals surface area (Å²) in [6, 6.07) is 8.24. The summed E-state index contributed by atoms with van der Waals surface area (Å²) in [6.45, 7) is 3.71. The first-order chi connectivity index (χ1) is 12.3. The topological polar surface area (TPSA) is 66.8 Å². The SMILES string of the molecule is CCc1nccn1[C@@H]1CCCN(C(=O)Cc2[nH]nc3ccccc23)C1. The molecule has 1 N–H and O–H groups in total. The number of para-hydroxylation sites is 1. The van der Waals surface area contributed by atoms with Crippen LogP contribution in [0.5, 0.6) is 0 Å². The van der Waals surface area contributed by atoms with Crippen molar-refractivity contribution in [3.8, 4) is 0 Å². The van der Waals surface area contributed by atoms with E-state index in [-0.39, 0.29) is 5.91 Å². The van der Waals surface area contributed by atoms with Crippen molar-refractivity contribution in [3.05, 3.63) is 48.2 Å². The highest BCUT2D eigenvalue weighted by atomic mass is 16.2. The van der Waals surface area contributed by atoms with E-state index in [1.807, 2.05) is 41.6 Å². The Kier molecular flexibility index (Phi) is 4.26. The maximum absolute atomic E-state index is 12.8. The van der Waals surface area contributed by atoms with E-state index in [0.29, 0.717) is 12.5 Å². The number of piperidine rings is 1. The van der Waals surface area contributed by atoms with Crippen molar-refractivity contribution in [1.82, 2.24) is 24.6 Å². The summed E-state index contributed by atoms with van der Waals surface area (Å²) in [4.78, 5) is 19.2. The molecule has 25 heavy (non-hydrogen) atoms. The second kappa shape index (κ2) is 6.70. The number of carbonyl (C=O) groups excluding carboxylic acids is 1. The number of H-pyrrole nitrogens is 1. The summed E-state index contributed by atoms with van der Waals surface area (Å²) in [5, 5.41) is 8.35. The van der Waals surface area contributed by atoms with Gasteiger partial charge in [-0.2, -0.15) is 5.10 Å². The van der Waals surface area contributed by atoms with Gasteiger partial charge in [-0.15, -0.1) is 0 Å². The summed E-state index contributed by atoms with van der Waals surface area (Å²) < 4.78 is 2.24. The molecule has 6 heteroatoms. The molecular formula is C19H23N5O. The van der Waals surface area contributed by atoms with Crippen molar-refractivity contribution in [3.63, 3.8) is 0 Å². The smallest absolute Gasteiger partial charge is 0.228 e. The van der Waals surface area contributed by atoms with Crippen LogP contribution >= 0.6 is 0 Å². The van der Waals surface area contributed by atoms with E-state index in [1.165, 1.54) is 0 Å². The molecule has 1 atom stereocenters. The maximum atomic E-state index is 12.8. The molecule has 130 valence electrons. The van der Waals surface area contributed by atoms with Crippen molar-refractivity contribution >= 4 is 16.8 Å². The Bertz CT molecular complexity index is 881. The number of aryl methyl sites for hydroxylation is 1. The Balaban J connectivity index is 1.48. The van der Waals surface area contributed by atoms with E-state index < -0.39 is 0 Å². The van der Waals surface area contributed by atoms with Gasteiger partial charge in [0.25, 0.3) is 0 Å². The fourth-order valence-electron chi connectivity index (χ4n) is 3.77. The monoisotopic (exact) mass is 337 g/mol. The first-order valence-electron chi connectivity index (χ1n) is 8.97. The molecule has 0 unspecified atom stereocenters. The Morgan fingerprint density at radius 2 is 2.24 bits per heavy atom. The van der Waals surface area contributed by atoms with Gasteiger partial charge in [-0.25, -0.2) is 4.98 Å². The molecule has 0 saturated carbocycles. The summed E-state index contributed by atoms with van der Waals surface area (Å²) >= 11 is 0. The van der Waals surface area contributed by atoms with Gasteiger partial charge < -0.3 is 9.47 Å². The first-order valence-corrected chi connectivity index (χ1v) is 8.97. The summed E-state index contributed by atoms with van der Waals surface area (Å²) in [5.41, 5.74) is 1.81. The quantitative estimate of drug-likeness (QED) is 0.796. The second-order valence-electron chi connectivity index (χ2n) is 6.64.